The third-order valence-electron chi connectivity index (χ3n) is 7.46. The molecule has 13 heteroatoms. The number of carbonyl (C=O) groups excluding carboxylic acids is 1. The first-order chi connectivity index (χ1) is 17.5. The smallest absolute Gasteiger partial charge is 0.317 e. The molecule has 0 bridgehead atoms. The SMILES string of the molecule is CN(c1nccc(Nc2cc(C3CC3)[nH]n2)n1)C1CCC(NC(=O)N2CC(c3nnn(C)n3)C2)CC1. The zero-order valence-corrected chi connectivity index (χ0v) is 20.6. The van der Waals surface area contributed by atoms with Crippen molar-refractivity contribution in [3.05, 3.63) is 29.8 Å². The Labute approximate surface area is 209 Å². The van der Waals surface area contributed by atoms with E-state index in [0.29, 0.717) is 36.8 Å². The van der Waals surface area contributed by atoms with Crippen molar-refractivity contribution in [2.75, 3.05) is 30.4 Å². The lowest BCUT2D eigenvalue weighted by atomic mass is 9.90. The van der Waals surface area contributed by atoms with Crippen molar-refractivity contribution in [1.82, 2.24) is 50.6 Å². The van der Waals surface area contributed by atoms with Gasteiger partial charge >= 0.3 is 6.03 Å². The van der Waals surface area contributed by atoms with Crippen LogP contribution in [-0.2, 0) is 7.05 Å². The van der Waals surface area contributed by atoms with Crippen molar-refractivity contribution >= 4 is 23.6 Å². The summed E-state index contributed by atoms with van der Waals surface area (Å²) in [5, 5.41) is 26.1. The quantitative estimate of drug-likeness (QED) is 0.450. The van der Waals surface area contributed by atoms with Gasteiger partial charge < -0.3 is 20.4 Å². The van der Waals surface area contributed by atoms with Gasteiger partial charge in [-0.3, -0.25) is 5.10 Å². The van der Waals surface area contributed by atoms with E-state index in [1.54, 1.807) is 13.2 Å². The van der Waals surface area contributed by atoms with Gasteiger partial charge in [0, 0.05) is 56.1 Å². The number of amides is 2. The molecule has 0 spiro atoms. The molecule has 0 radical (unpaired) electrons. The second-order valence-corrected chi connectivity index (χ2v) is 10.2. The van der Waals surface area contributed by atoms with Gasteiger partial charge in [0.1, 0.15) is 5.82 Å². The third kappa shape index (κ3) is 4.82. The topological polar surface area (TPSA) is 146 Å². The molecule has 0 aromatic carbocycles. The van der Waals surface area contributed by atoms with E-state index in [2.05, 4.69) is 52.2 Å². The van der Waals surface area contributed by atoms with E-state index in [9.17, 15) is 4.79 Å². The van der Waals surface area contributed by atoms with Crippen molar-refractivity contribution in [3.63, 3.8) is 0 Å². The van der Waals surface area contributed by atoms with E-state index < -0.39 is 0 Å². The average molecular weight is 493 g/mol. The van der Waals surface area contributed by atoms with Crippen molar-refractivity contribution < 1.29 is 4.79 Å². The maximum Gasteiger partial charge on any atom is 0.317 e. The van der Waals surface area contributed by atoms with Gasteiger partial charge in [-0.15, -0.1) is 10.2 Å². The van der Waals surface area contributed by atoms with Gasteiger partial charge in [-0.1, -0.05) is 0 Å². The lowest BCUT2D eigenvalue weighted by molar-refractivity contribution is 0.142. The summed E-state index contributed by atoms with van der Waals surface area (Å²) in [5.74, 6) is 3.71. The Bertz CT molecular complexity index is 1210. The van der Waals surface area contributed by atoms with Crippen molar-refractivity contribution in [2.24, 2.45) is 7.05 Å². The van der Waals surface area contributed by atoms with Gasteiger partial charge in [0.2, 0.25) is 5.95 Å². The molecular weight excluding hydrogens is 460 g/mol. The summed E-state index contributed by atoms with van der Waals surface area (Å²) in [6.45, 7) is 1.27. The minimum atomic E-state index is -0.00253. The highest BCUT2D eigenvalue weighted by molar-refractivity contribution is 5.75. The van der Waals surface area contributed by atoms with Crippen LogP contribution in [0.3, 0.4) is 0 Å². The van der Waals surface area contributed by atoms with Gasteiger partial charge in [0.15, 0.2) is 11.6 Å². The molecule has 3 aromatic rings. The number of H-pyrrole nitrogens is 1. The molecular formula is C23H32N12O. The van der Waals surface area contributed by atoms with Crippen molar-refractivity contribution in [1.29, 1.82) is 0 Å². The van der Waals surface area contributed by atoms with Crippen molar-refractivity contribution in [3.8, 4) is 0 Å². The lowest BCUT2D eigenvalue weighted by Crippen LogP contribution is -2.55. The first-order valence-corrected chi connectivity index (χ1v) is 12.7. The van der Waals surface area contributed by atoms with E-state index in [4.69, 9.17) is 4.98 Å². The number of anilines is 3. The molecule has 4 heterocycles. The Kier molecular flexibility index (Phi) is 5.89. The minimum absolute atomic E-state index is 0.00253. The van der Waals surface area contributed by atoms with Gasteiger partial charge in [-0.05, 0) is 49.8 Å². The van der Waals surface area contributed by atoms with E-state index >= 15 is 0 Å². The normalized spacial score (nSPS) is 22.2. The molecule has 36 heavy (non-hydrogen) atoms. The predicted molar refractivity (Wildman–Crippen MR) is 132 cm³/mol. The Morgan fingerprint density at radius 3 is 2.64 bits per heavy atom. The number of tetrazole rings is 1. The molecule has 0 unspecified atom stereocenters. The predicted octanol–water partition coefficient (Wildman–Crippen LogP) is 1.90. The minimum Gasteiger partial charge on any atom is -0.341 e. The van der Waals surface area contributed by atoms with Gasteiger partial charge in [0.25, 0.3) is 0 Å². The molecule has 1 aliphatic heterocycles. The summed E-state index contributed by atoms with van der Waals surface area (Å²) in [6, 6.07) is 4.43. The molecule has 3 fully saturated rings. The van der Waals surface area contributed by atoms with Crippen LogP contribution < -0.4 is 15.5 Å². The molecule has 3 aromatic heterocycles. The second kappa shape index (κ2) is 9.36. The fourth-order valence-electron chi connectivity index (χ4n) is 5.03. The number of carbonyl (C=O) groups is 1. The monoisotopic (exact) mass is 492 g/mol. The van der Waals surface area contributed by atoms with E-state index in [0.717, 1.165) is 37.3 Å². The standard InChI is InChI=1S/C23H32N12O/c1-33(22-24-10-9-19(27-22)26-20-11-18(28-29-20)14-3-4-14)17-7-5-16(6-8-17)25-23(36)35-12-15(13-35)21-30-32-34(2)31-21/h9-11,14-17H,3-8,12-13H2,1-2H3,(H,25,36)(H2,24,26,27,28,29). The van der Waals surface area contributed by atoms with Crippen LogP contribution in [0.2, 0.25) is 0 Å². The number of urea groups is 1. The Hall–Kier alpha value is -3.77. The fraction of sp³-hybridized carbons (Fsp3) is 0.609. The van der Waals surface area contributed by atoms with E-state index in [-0.39, 0.29) is 18.0 Å². The zero-order chi connectivity index (χ0) is 24.6. The van der Waals surface area contributed by atoms with Crippen LogP contribution in [0.25, 0.3) is 0 Å². The van der Waals surface area contributed by atoms with Gasteiger partial charge in [0.05, 0.1) is 13.0 Å². The summed E-state index contributed by atoms with van der Waals surface area (Å²) >= 11 is 0. The van der Waals surface area contributed by atoms with Crippen LogP contribution in [0.4, 0.5) is 22.4 Å². The molecule has 2 saturated carbocycles. The molecule has 2 amide bonds. The third-order valence-corrected chi connectivity index (χ3v) is 7.46. The van der Waals surface area contributed by atoms with Crippen molar-refractivity contribution in [2.45, 2.75) is 62.4 Å². The highest BCUT2D eigenvalue weighted by Crippen LogP contribution is 2.39. The number of aromatic amines is 1. The molecule has 6 rings (SSSR count). The van der Waals surface area contributed by atoms with Gasteiger partial charge in [-0.2, -0.15) is 14.9 Å². The molecule has 190 valence electrons. The summed E-state index contributed by atoms with van der Waals surface area (Å²) in [5.41, 5.74) is 1.18. The Morgan fingerprint density at radius 2 is 1.92 bits per heavy atom. The number of nitrogens with zero attached hydrogens (tertiary/aromatic N) is 9. The molecule has 1 saturated heterocycles. The summed E-state index contributed by atoms with van der Waals surface area (Å²) < 4.78 is 0. The Balaban J connectivity index is 0.971. The number of hydrogen-bond donors (Lipinski definition) is 3. The molecule has 3 N–H and O–H groups in total. The zero-order valence-electron chi connectivity index (χ0n) is 20.6. The Morgan fingerprint density at radius 1 is 1.11 bits per heavy atom. The first kappa shape index (κ1) is 22.7. The second-order valence-electron chi connectivity index (χ2n) is 10.2. The van der Waals surface area contributed by atoms with Crippen LogP contribution >= 0.6 is 0 Å². The highest BCUT2D eigenvalue weighted by atomic mass is 16.2. The number of aryl methyl sites for hydroxylation is 1. The van der Waals surface area contributed by atoms with Crippen LogP contribution in [0, 0.1) is 0 Å². The highest BCUT2D eigenvalue weighted by Gasteiger charge is 2.36. The van der Waals surface area contributed by atoms with Gasteiger partial charge in [-0.25, -0.2) is 9.78 Å². The van der Waals surface area contributed by atoms with E-state index in [1.807, 2.05) is 18.0 Å². The summed E-state index contributed by atoms with van der Waals surface area (Å²) in [4.78, 5) is 27.3. The number of nitrogens with one attached hydrogen (secondary N) is 3. The average Bonchev–Trinajstić information content (AvgIpc) is 3.46. The largest absolute Gasteiger partial charge is 0.341 e. The number of aromatic nitrogens is 8. The summed E-state index contributed by atoms with van der Waals surface area (Å²) in [6.07, 6.45) is 8.04. The van der Waals surface area contributed by atoms with E-state index in [1.165, 1.54) is 23.3 Å². The fourth-order valence-corrected chi connectivity index (χ4v) is 5.03. The molecule has 13 nitrogen and oxygen atoms in total. The van der Waals surface area contributed by atoms with Crippen LogP contribution in [0.5, 0.6) is 0 Å². The number of likely N-dealkylation sites (tertiary alicyclic amines) is 1. The number of rotatable bonds is 7. The first-order valence-electron chi connectivity index (χ1n) is 12.7. The molecule has 3 aliphatic rings. The van der Waals surface area contributed by atoms with Crippen LogP contribution in [-0.4, -0.2) is 83.5 Å². The maximum absolute atomic E-state index is 12.7. The maximum atomic E-state index is 12.7. The lowest BCUT2D eigenvalue weighted by Gasteiger charge is -2.40. The molecule has 2 aliphatic carbocycles. The van der Waals surface area contributed by atoms with Crippen LogP contribution in [0.15, 0.2) is 18.3 Å². The van der Waals surface area contributed by atoms with Crippen LogP contribution in [0.1, 0.15) is 61.9 Å². The number of hydrogen-bond acceptors (Lipinski definition) is 9. The summed E-state index contributed by atoms with van der Waals surface area (Å²) in [7, 11) is 3.79. The molecule has 0 atom stereocenters.